The number of allylic oxidation sites excluding steroid dienone is 3. The Morgan fingerprint density at radius 1 is 1.15 bits per heavy atom. The van der Waals surface area contributed by atoms with Crippen LogP contribution in [0.4, 0.5) is 0 Å². The van der Waals surface area contributed by atoms with Crippen molar-refractivity contribution >= 4 is 11.6 Å². The number of carbonyl (C=O) groups is 2. The minimum atomic E-state index is -1.07. The molecule has 3 nitrogen and oxygen atoms in total. The summed E-state index contributed by atoms with van der Waals surface area (Å²) in [4.78, 5) is 25.6. The molecule has 2 aliphatic carbocycles. The number of hydrogen-bond donors (Lipinski definition) is 1. The van der Waals surface area contributed by atoms with E-state index < -0.39 is 16.7 Å². The number of carbonyl (C=O) groups excluding carboxylic acids is 2. The quantitative estimate of drug-likeness (QED) is 0.592. The third-order valence-electron chi connectivity index (χ3n) is 4.64. The average molecular weight is 276 g/mol. The third-order valence-corrected chi connectivity index (χ3v) is 4.64. The van der Waals surface area contributed by atoms with E-state index in [0.717, 1.165) is 5.57 Å². The van der Waals surface area contributed by atoms with Crippen LogP contribution in [0.25, 0.3) is 0 Å². The van der Waals surface area contributed by atoms with Gasteiger partial charge in [-0.15, -0.1) is 0 Å². The molecule has 2 rings (SSSR count). The zero-order chi connectivity index (χ0) is 15.5. The van der Waals surface area contributed by atoms with Gasteiger partial charge in [0.1, 0.15) is 5.41 Å². The summed E-state index contributed by atoms with van der Waals surface area (Å²) in [5, 5.41) is 9.52. The molecule has 0 fully saturated rings. The van der Waals surface area contributed by atoms with Crippen molar-refractivity contribution in [3.8, 4) is 0 Å². The van der Waals surface area contributed by atoms with Gasteiger partial charge in [-0.25, -0.2) is 0 Å². The van der Waals surface area contributed by atoms with E-state index in [0.29, 0.717) is 5.57 Å². The molecule has 0 aromatic heterocycles. The Morgan fingerprint density at radius 2 is 1.70 bits per heavy atom. The Morgan fingerprint density at radius 3 is 2.10 bits per heavy atom. The summed E-state index contributed by atoms with van der Waals surface area (Å²) in [5.41, 5.74) is -0.239. The molecule has 0 radical (unpaired) electrons. The van der Waals surface area contributed by atoms with E-state index in [4.69, 9.17) is 0 Å². The van der Waals surface area contributed by atoms with Crippen LogP contribution in [0, 0.1) is 22.2 Å². The summed E-state index contributed by atoms with van der Waals surface area (Å²) < 4.78 is 0. The Hall–Kier alpha value is -1.22. The zero-order valence-electron chi connectivity index (χ0n) is 13.2. The van der Waals surface area contributed by atoms with Gasteiger partial charge in [0.2, 0.25) is 0 Å². The molecule has 0 spiro atoms. The van der Waals surface area contributed by atoms with E-state index >= 15 is 0 Å². The number of hydrogen-bond acceptors (Lipinski definition) is 3. The second kappa shape index (κ2) is 4.14. The van der Waals surface area contributed by atoms with Crippen molar-refractivity contribution in [3.63, 3.8) is 0 Å². The third kappa shape index (κ3) is 1.76. The summed E-state index contributed by atoms with van der Waals surface area (Å²) >= 11 is 0. The van der Waals surface area contributed by atoms with Crippen molar-refractivity contribution in [2.45, 2.75) is 41.5 Å². The second-order valence-corrected chi connectivity index (χ2v) is 7.95. The van der Waals surface area contributed by atoms with Gasteiger partial charge in [-0.2, -0.15) is 0 Å². The second-order valence-electron chi connectivity index (χ2n) is 7.95. The summed E-state index contributed by atoms with van der Waals surface area (Å²) in [6, 6.07) is 0. The van der Waals surface area contributed by atoms with Crippen molar-refractivity contribution in [2.75, 3.05) is 6.61 Å². The molecule has 0 unspecified atom stereocenters. The highest BCUT2D eigenvalue weighted by Gasteiger charge is 2.62. The highest BCUT2D eigenvalue weighted by molar-refractivity contribution is 6.21. The maximum Gasteiger partial charge on any atom is 0.173 e. The molecule has 110 valence electrons. The topological polar surface area (TPSA) is 54.4 Å². The number of aliphatic hydroxyl groups is 1. The lowest BCUT2D eigenvalue weighted by Gasteiger charge is -2.40. The van der Waals surface area contributed by atoms with Crippen LogP contribution in [0.1, 0.15) is 41.5 Å². The molecule has 0 amide bonds. The van der Waals surface area contributed by atoms with Crippen LogP contribution >= 0.6 is 0 Å². The first kappa shape index (κ1) is 15.2. The average Bonchev–Trinajstić information content (AvgIpc) is 2.50. The Bertz CT molecular complexity index is 538. The van der Waals surface area contributed by atoms with Gasteiger partial charge in [0.25, 0.3) is 0 Å². The minimum absolute atomic E-state index is 0.0634. The van der Waals surface area contributed by atoms with Crippen molar-refractivity contribution < 1.29 is 14.7 Å². The van der Waals surface area contributed by atoms with Gasteiger partial charge < -0.3 is 5.11 Å². The summed E-state index contributed by atoms with van der Waals surface area (Å²) in [6.45, 7) is 11.7. The van der Waals surface area contributed by atoms with E-state index in [2.05, 4.69) is 0 Å². The molecule has 1 N–H and O–H groups in total. The van der Waals surface area contributed by atoms with Crippen molar-refractivity contribution in [3.05, 3.63) is 23.3 Å². The van der Waals surface area contributed by atoms with Crippen LogP contribution in [0.2, 0.25) is 0 Å². The highest BCUT2D eigenvalue weighted by Crippen LogP contribution is 2.57. The number of fused-ring (bicyclic) bond motifs is 2. The largest absolute Gasteiger partial charge is 0.392 e. The molecule has 0 aromatic carbocycles. The summed E-state index contributed by atoms with van der Waals surface area (Å²) in [7, 11) is 0. The van der Waals surface area contributed by atoms with E-state index in [1.54, 1.807) is 0 Å². The van der Waals surface area contributed by atoms with Gasteiger partial charge >= 0.3 is 0 Å². The van der Waals surface area contributed by atoms with Crippen LogP contribution in [0.15, 0.2) is 23.3 Å². The van der Waals surface area contributed by atoms with Crippen molar-refractivity contribution in [1.29, 1.82) is 0 Å². The van der Waals surface area contributed by atoms with Crippen LogP contribution < -0.4 is 0 Å². The van der Waals surface area contributed by atoms with E-state index in [1.807, 2.05) is 47.6 Å². The molecule has 0 aliphatic heterocycles. The predicted molar refractivity (Wildman–Crippen MR) is 78.1 cm³/mol. The predicted octanol–water partition coefficient (Wildman–Crippen LogP) is 2.69. The van der Waals surface area contributed by atoms with Gasteiger partial charge in [0.05, 0.1) is 12.5 Å². The fourth-order valence-corrected chi connectivity index (χ4v) is 3.43. The Balaban J connectivity index is 2.76. The maximum atomic E-state index is 13.0. The molecular weight excluding hydrogens is 252 g/mol. The number of ketones is 2. The van der Waals surface area contributed by atoms with E-state index in [1.165, 1.54) is 6.08 Å². The molecule has 0 heterocycles. The SMILES string of the molecule is CC(C)(C)C1=C[C@]2(C(C)(C)C)C(=O)C=C(CO)[C@H]1C2=O. The van der Waals surface area contributed by atoms with Crippen LogP contribution in [0.3, 0.4) is 0 Å². The fraction of sp³-hybridized carbons (Fsp3) is 0.647. The summed E-state index contributed by atoms with van der Waals surface area (Å²) in [5.74, 6) is -0.682. The normalized spacial score (nSPS) is 30.4. The lowest BCUT2D eigenvalue weighted by atomic mass is 9.59. The molecule has 0 aromatic rings. The number of rotatable bonds is 1. The van der Waals surface area contributed by atoms with Crippen molar-refractivity contribution in [2.24, 2.45) is 22.2 Å². The highest BCUT2D eigenvalue weighted by atomic mass is 16.3. The van der Waals surface area contributed by atoms with Crippen LogP contribution in [-0.4, -0.2) is 23.3 Å². The molecule has 2 aliphatic rings. The maximum absolute atomic E-state index is 13.0. The molecular formula is C17H24O3. The van der Waals surface area contributed by atoms with Crippen molar-refractivity contribution in [1.82, 2.24) is 0 Å². The monoisotopic (exact) mass is 276 g/mol. The standard InChI is InChI=1S/C17H24O3/c1-15(2,3)11-8-17(16(4,5)6)12(19)7-10(9-18)13(11)14(17)20/h7-8,13,18H,9H2,1-6H3/t13-,17+/m1/s1. The molecule has 20 heavy (non-hydrogen) atoms. The Labute approximate surface area is 120 Å². The van der Waals surface area contributed by atoms with E-state index in [-0.39, 0.29) is 23.6 Å². The minimum Gasteiger partial charge on any atom is -0.392 e. The first-order valence-corrected chi connectivity index (χ1v) is 7.10. The van der Waals surface area contributed by atoms with Crippen LogP contribution in [0.5, 0.6) is 0 Å². The summed E-state index contributed by atoms with van der Waals surface area (Å²) in [6.07, 6.45) is 3.38. The molecule has 2 atom stereocenters. The van der Waals surface area contributed by atoms with Gasteiger partial charge in [-0.05, 0) is 22.5 Å². The van der Waals surface area contributed by atoms with Crippen LogP contribution in [-0.2, 0) is 9.59 Å². The molecule has 0 saturated heterocycles. The lowest BCUT2D eigenvalue weighted by molar-refractivity contribution is -0.142. The lowest BCUT2D eigenvalue weighted by Crippen LogP contribution is -2.49. The Kier molecular flexibility index (Phi) is 3.14. The molecule has 2 bridgehead atoms. The fourth-order valence-electron chi connectivity index (χ4n) is 3.43. The number of Topliss-reactive ketones (excluding diaryl/α,β-unsaturated/α-hetero) is 1. The first-order chi connectivity index (χ1) is 8.96. The smallest absolute Gasteiger partial charge is 0.173 e. The van der Waals surface area contributed by atoms with Gasteiger partial charge in [0.15, 0.2) is 11.6 Å². The molecule has 3 heteroatoms. The van der Waals surface area contributed by atoms with Gasteiger partial charge in [-0.1, -0.05) is 53.2 Å². The zero-order valence-corrected chi connectivity index (χ0v) is 13.2. The van der Waals surface area contributed by atoms with Gasteiger partial charge in [0, 0.05) is 0 Å². The first-order valence-electron chi connectivity index (χ1n) is 7.10. The number of aliphatic hydroxyl groups excluding tert-OH is 1. The van der Waals surface area contributed by atoms with Gasteiger partial charge in [-0.3, -0.25) is 9.59 Å². The van der Waals surface area contributed by atoms with E-state index in [9.17, 15) is 14.7 Å². The molecule has 0 saturated carbocycles.